The molecule has 0 saturated carbocycles. The van der Waals surface area contributed by atoms with E-state index in [0.717, 1.165) is 0 Å². The van der Waals surface area contributed by atoms with Crippen molar-refractivity contribution >= 4 is 46.9 Å². The number of benzene rings is 2. The van der Waals surface area contributed by atoms with Crippen molar-refractivity contribution in [2.24, 2.45) is 11.0 Å². The van der Waals surface area contributed by atoms with E-state index < -0.39 is 28.9 Å². The maximum absolute atomic E-state index is 12.7. The third-order valence-electron chi connectivity index (χ3n) is 4.77. The second kappa shape index (κ2) is 13.6. The first-order chi connectivity index (χ1) is 17.0. The van der Waals surface area contributed by atoms with E-state index in [0.29, 0.717) is 17.0 Å². The van der Waals surface area contributed by atoms with Gasteiger partial charge in [0.05, 0.1) is 22.8 Å². The Morgan fingerprint density at radius 2 is 1.81 bits per heavy atom. The molecule has 2 rings (SSSR count). The minimum atomic E-state index is -0.945. The topological polar surface area (TPSA) is 132 Å². The average Bonchev–Trinajstić information content (AvgIpc) is 2.80. The first-order valence-corrected chi connectivity index (χ1v) is 11.9. The normalized spacial score (nSPS) is 12.8. The summed E-state index contributed by atoms with van der Waals surface area (Å²) in [5.41, 5.74) is 2.54. The Hall–Kier alpha value is -3.37. The van der Waals surface area contributed by atoms with E-state index in [2.05, 4.69) is 15.8 Å². The molecule has 0 aliphatic rings. The molecule has 194 valence electrons. The van der Waals surface area contributed by atoms with E-state index in [1.807, 2.05) is 13.8 Å². The van der Waals surface area contributed by atoms with Gasteiger partial charge in [-0.2, -0.15) is 5.10 Å². The van der Waals surface area contributed by atoms with Crippen molar-refractivity contribution in [3.05, 3.63) is 62.1 Å². The van der Waals surface area contributed by atoms with Crippen LogP contribution in [0.1, 0.15) is 39.7 Å². The van der Waals surface area contributed by atoms with Crippen LogP contribution in [0, 0.1) is 16.0 Å². The first kappa shape index (κ1) is 28.9. The number of rotatable bonds is 12. The van der Waals surface area contributed by atoms with Crippen LogP contribution in [0.2, 0.25) is 10.0 Å². The van der Waals surface area contributed by atoms with Crippen molar-refractivity contribution in [1.82, 2.24) is 10.7 Å². The van der Waals surface area contributed by atoms with Crippen LogP contribution in [0.5, 0.6) is 11.5 Å². The van der Waals surface area contributed by atoms with Gasteiger partial charge in [0.2, 0.25) is 0 Å². The van der Waals surface area contributed by atoms with Gasteiger partial charge in [-0.3, -0.25) is 19.7 Å². The van der Waals surface area contributed by atoms with Crippen LogP contribution in [0.15, 0.2) is 41.5 Å². The third-order valence-corrected chi connectivity index (χ3v) is 5.31. The number of nitrogens with zero attached hydrogens (tertiary/aromatic N) is 2. The number of nitro benzene ring substituents is 1. The Morgan fingerprint density at radius 3 is 2.42 bits per heavy atom. The van der Waals surface area contributed by atoms with Gasteiger partial charge in [0.15, 0.2) is 11.9 Å². The standard InChI is InChI=1S/C24H28Cl2N4O6/c1-5-35-22-8-6-16(11-20(22)30(33)34)13-27-29-24(32)19(10-14(2)3)28-23(31)15(4)36-21-9-7-17(25)12-18(21)26/h6-9,11-15,19H,5,10H2,1-4H3,(H,28,31)(H,29,32)/b27-13-/t15-,19-/m0/s1. The van der Waals surface area contributed by atoms with Crippen LogP contribution in [0.4, 0.5) is 5.69 Å². The molecule has 2 atom stereocenters. The number of nitrogens with one attached hydrogen (secondary N) is 2. The van der Waals surface area contributed by atoms with Crippen molar-refractivity contribution in [2.75, 3.05) is 6.61 Å². The number of carbonyl (C=O) groups is 2. The molecule has 0 fully saturated rings. The molecule has 0 heterocycles. The fourth-order valence-electron chi connectivity index (χ4n) is 3.09. The van der Waals surface area contributed by atoms with Gasteiger partial charge in [-0.15, -0.1) is 0 Å². The maximum Gasteiger partial charge on any atom is 0.311 e. The summed E-state index contributed by atoms with van der Waals surface area (Å²) in [4.78, 5) is 36.2. The van der Waals surface area contributed by atoms with E-state index in [9.17, 15) is 19.7 Å². The molecule has 0 aliphatic heterocycles. The number of hydrazone groups is 1. The van der Waals surface area contributed by atoms with E-state index in [-0.39, 0.29) is 34.7 Å². The summed E-state index contributed by atoms with van der Waals surface area (Å²) in [6.07, 6.45) is 0.665. The average molecular weight is 539 g/mol. The third kappa shape index (κ3) is 8.69. The molecular formula is C24H28Cl2N4O6. The van der Waals surface area contributed by atoms with Gasteiger partial charge >= 0.3 is 5.69 Å². The largest absolute Gasteiger partial charge is 0.487 e. The molecule has 2 amide bonds. The SMILES string of the molecule is CCOc1ccc(/C=N\NC(=O)[C@H](CC(C)C)NC(=O)[C@H](C)Oc2ccc(Cl)cc2Cl)cc1[N+](=O)[O-]. The first-order valence-electron chi connectivity index (χ1n) is 11.2. The molecule has 2 aromatic rings. The summed E-state index contributed by atoms with van der Waals surface area (Å²) in [6, 6.07) is 8.05. The summed E-state index contributed by atoms with van der Waals surface area (Å²) >= 11 is 12.0. The minimum absolute atomic E-state index is 0.0840. The van der Waals surface area contributed by atoms with Crippen molar-refractivity contribution < 1.29 is 24.0 Å². The number of hydrogen-bond acceptors (Lipinski definition) is 7. The second-order valence-electron chi connectivity index (χ2n) is 8.18. The number of carbonyl (C=O) groups excluding carboxylic acids is 2. The van der Waals surface area contributed by atoms with Gasteiger partial charge in [0.25, 0.3) is 11.8 Å². The zero-order valence-electron chi connectivity index (χ0n) is 20.3. The summed E-state index contributed by atoms with van der Waals surface area (Å²) in [6.45, 7) is 7.34. The highest BCUT2D eigenvalue weighted by Crippen LogP contribution is 2.29. The Bertz CT molecular complexity index is 1130. The van der Waals surface area contributed by atoms with Gasteiger partial charge in [0.1, 0.15) is 11.8 Å². The van der Waals surface area contributed by atoms with Crippen LogP contribution < -0.4 is 20.2 Å². The second-order valence-corrected chi connectivity index (χ2v) is 9.02. The lowest BCUT2D eigenvalue weighted by Crippen LogP contribution is -2.49. The predicted molar refractivity (Wildman–Crippen MR) is 138 cm³/mol. The Balaban J connectivity index is 2.06. The molecular weight excluding hydrogens is 511 g/mol. The van der Waals surface area contributed by atoms with Gasteiger partial charge in [-0.05, 0) is 56.5 Å². The lowest BCUT2D eigenvalue weighted by atomic mass is 10.0. The Labute approximate surface area is 219 Å². The number of ether oxygens (including phenoxy) is 2. The van der Waals surface area contributed by atoms with Gasteiger partial charge < -0.3 is 14.8 Å². The lowest BCUT2D eigenvalue weighted by Gasteiger charge is -2.22. The van der Waals surface area contributed by atoms with Crippen LogP contribution in [-0.2, 0) is 9.59 Å². The van der Waals surface area contributed by atoms with Crippen LogP contribution in [0.3, 0.4) is 0 Å². The van der Waals surface area contributed by atoms with Gasteiger partial charge in [0, 0.05) is 16.7 Å². The van der Waals surface area contributed by atoms with E-state index >= 15 is 0 Å². The highest BCUT2D eigenvalue weighted by Gasteiger charge is 2.25. The quantitative estimate of drug-likeness (QED) is 0.227. The number of nitro groups is 1. The van der Waals surface area contributed by atoms with E-state index in [1.165, 1.54) is 31.3 Å². The van der Waals surface area contributed by atoms with Crippen LogP contribution in [0.25, 0.3) is 0 Å². The highest BCUT2D eigenvalue weighted by molar-refractivity contribution is 6.35. The summed E-state index contributed by atoms with van der Waals surface area (Å²) < 4.78 is 10.9. The smallest absolute Gasteiger partial charge is 0.311 e. The molecule has 2 N–H and O–H groups in total. The molecule has 0 saturated heterocycles. The highest BCUT2D eigenvalue weighted by atomic mass is 35.5. The Morgan fingerprint density at radius 1 is 1.11 bits per heavy atom. The van der Waals surface area contributed by atoms with Crippen molar-refractivity contribution in [2.45, 2.75) is 46.3 Å². The minimum Gasteiger partial charge on any atom is -0.487 e. The summed E-state index contributed by atoms with van der Waals surface area (Å²) in [5, 5.41) is 18.5. The molecule has 0 aliphatic carbocycles. The molecule has 2 aromatic carbocycles. The van der Waals surface area contributed by atoms with Crippen molar-refractivity contribution in [3.8, 4) is 11.5 Å². The van der Waals surface area contributed by atoms with Crippen molar-refractivity contribution in [3.63, 3.8) is 0 Å². The van der Waals surface area contributed by atoms with Crippen molar-refractivity contribution in [1.29, 1.82) is 0 Å². The van der Waals surface area contributed by atoms with E-state index in [1.54, 1.807) is 25.1 Å². The molecule has 10 nitrogen and oxygen atoms in total. The fraction of sp³-hybridized carbons (Fsp3) is 0.375. The molecule has 0 aromatic heterocycles. The summed E-state index contributed by atoms with van der Waals surface area (Å²) in [5.74, 6) is -0.568. The predicted octanol–water partition coefficient (Wildman–Crippen LogP) is 4.75. The lowest BCUT2D eigenvalue weighted by molar-refractivity contribution is -0.385. The number of hydrogen-bond donors (Lipinski definition) is 2. The summed E-state index contributed by atoms with van der Waals surface area (Å²) in [7, 11) is 0. The number of halogens is 2. The zero-order valence-corrected chi connectivity index (χ0v) is 21.8. The van der Waals surface area contributed by atoms with E-state index in [4.69, 9.17) is 32.7 Å². The molecule has 0 unspecified atom stereocenters. The molecule has 0 spiro atoms. The van der Waals surface area contributed by atoms with Gasteiger partial charge in [-0.1, -0.05) is 37.0 Å². The maximum atomic E-state index is 12.7. The van der Waals surface area contributed by atoms with Gasteiger partial charge in [-0.25, -0.2) is 5.43 Å². The van der Waals surface area contributed by atoms with Crippen LogP contribution in [-0.4, -0.2) is 41.7 Å². The Kier molecular flexibility index (Phi) is 10.9. The number of amides is 2. The molecule has 0 radical (unpaired) electrons. The molecule has 12 heteroatoms. The van der Waals surface area contributed by atoms with Crippen LogP contribution >= 0.6 is 23.2 Å². The molecule has 36 heavy (non-hydrogen) atoms. The monoisotopic (exact) mass is 538 g/mol. The fourth-order valence-corrected chi connectivity index (χ4v) is 3.54. The molecule has 0 bridgehead atoms. The zero-order chi connectivity index (χ0) is 26.8.